The molecule has 3 aromatic rings. The number of methoxy groups -OCH3 is 1. The maximum absolute atomic E-state index is 12.7. The van der Waals surface area contributed by atoms with Gasteiger partial charge in [0, 0.05) is 24.6 Å². The van der Waals surface area contributed by atoms with Gasteiger partial charge < -0.3 is 25.1 Å². The quantitative estimate of drug-likeness (QED) is 0.619. The number of nitrogens with zero attached hydrogens (tertiary/aromatic N) is 4. The second kappa shape index (κ2) is 7.81. The van der Waals surface area contributed by atoms with E-state index in [4.69, 9.17) is 4.74 Å². The number of imidazole rings is 1. The van der Waals surface area contributed by atoms with Gasteiger partial charge in [-0.1, -0.05) is 0 Å². The molecule has 0 saturated carbocycles. The largest absolute Gasteiger partial charge is 0.480 e. The fourth-order valence-corrected chi connectivity index (χ4v) is 3.29. The number of anilines is 2. The number of fused-ring (bicyclic) bond motifs is 1. The summed E-state index contributed by atoms with van der Waals surface area (Å²) in [5.74, 6) is 0.376. The second-order valence-electron chi connectivity index (χ2n) is 6.80. The SMILES string of the molecule is COc1nc(NC2CCNCC2)ncc1C(=O)Nc1ccc2nc(C)cn2c1. The van der Waals surface area contributed by atoms with Crippen molar-refractivity contribution in [2.75, 3.05) is 30.8 Å². The van der Waals surface area contributed by atoms with Gasteiger partial charge in [-0.05, 0) is 45.0 Å². The van der Waals surface area contributed by atoms with E-state index in [2.05, 4.69) is 30.9 Å². The first-order chi connectivity index (χ1) is 13.6. The van der Waals surface area contributed by atoms with Gasteiger partial charge in [-0.15, -0.1) is 0 Å². The molecule has 3 aromatic heterocycles. The van der Waals surface area contributed by atoms with Gasteiger partial charge in [0.15, 0.2) is 0 Å². The molecule has 4 rings (SSSR count). The van der Waals surface area contributed by atoms with Gasteiger partial charge in [0.05, 0.1) is 18.5 Å². The standard InChI is InChI=1S/C19H23N7O2/c1-12-10-26-11-14(3-4-16(26)22-12)23-17(27)15-9-21-19(25-18(15)28-2)24-13-5-7-20-8-6-13/h3-4,9-11,13,20H,5-8H2,1-2H3,(H,23,27)(H,21,24,25). The molecule has 9 nitrogen and oxygen atoms in total. The van der Waals surface area contributed by atoms with Crippen molar-refractivity contribution in [1.29, 1.82) is 0 Å². The van der Waals surface area contributed by atoms with Gasteiger partial charge in [0.25, 0.3) is 5.91 Å². The zero-order valence-corrected chi connectivity index (χ0v) is 15.9. The van der Waals surface area contributed by atoms with E-state index >= 15 is 0 Å². The highest BCUT2D eigenvalue weighted by atomic mass is 16.5. The Hall–Kier alpha value is -3.20. The molecule has 9 heteroatoms. The third-order valence-corrected chi connectivity index (χ3v) is 4.69. The Labute approximate surface area is 162 Å². The van der Waals surface area contributed by atoms with E-state index in [0.29, 0.717) is 17.7 Å². The molecular weight excluding hydrogens is 358 g/mol. The molecule has 0 unspecified atom stereocenters. The summed E-state index contributed by atoms with van der Waals surface area (Å²) < 4.78 is 7.19. The second-order valence-corrected chi connectivity index (χ2v) is 6.80. The van der Waals surface area contributed by atoms with Crippen molar-refractivity contribution < 1.29 is 9.53 Å². The zero-order valence-electron chi connectivity index (χ0n) is 15.9. The van der Waals surface area contributed by atoms with Crippen LogP contribution in [0.15, 0.2) is 30.7 Å². The monoisotopic (exact) mass is 381 g/mol. The maximum Gasteiger partial charge on any atom is 0.262 e. The van der Waals surface area contributed by atoms with Crippen molar-refractivity contribution in [3.8, 4) is 5.88 Å². The lowest BCUT2D eigenvalue weighted by Crippen LogP contribution is -2.35. The van der Waals surface area contributed by atoms with Crippen LogP contribution in [-0.2, 0) is 0 Å². The van der Waals surface area contributed by atoms with Gasteiger partial charge in [-0.2, -0.15) is 4.98 Å². The molecule has 1 saturated heterocycles. The van der Waals surface area contributed by atoms with Crippen LogP contribution in [0.1, 0.15) is 28.9 Å². The number of pyridine rings is 1. The molecule has 1 aliphatic rings. The van der Waals surface area contributed by atoms with Crippen molar-refractivity contribution in [2.45, 2.75) is 25.8 Å². The molecule has 146 valence electrons. The van der Waals surface area contributed by atoms with E-state index in [9.17, 15) is 4.79 Å². The van der Waals surface area contributed by atoms with Crippen LogP contribution in [-0.4, -0.2) is 51.5 Å². The molecule has 0 aliphatic carbocycles. The third-order valence-electron chi connectivity index (χ3n) is 4.69. The normalized spacial score (nSPS) is 14.8. The van der Waals surface area contributed by atoms with Crippen LogP contribution in [0.2, 0.25) is 0 Å². The molecule has 28 heavy (non-hydrogen) atoms. The first-order valence-electron chi connectivity index (χ1n) is 9.27. The molecule has 4 heterocycles. The van der Waals surface area contributed by atoms with Crippen LogP contribution >= 0.6 is 0 Å². The van der Waals surface area contributed by atoms with Crippen LogP contribution in [0.5, 0.6) is 5.88 Å². The lowest BCUT2D eigenvalue weighted by molar-refractivity contribution is 0.102. The Kier molecular flexibility index (Phi) is 5.07. The van der Waals surface area contributed by atoms with E-state index in [0.717, 1.165) is 37.3 Å². The summed E-state index contributed by atoms with van der Waals surface area (Å²) in [6.07, 6.45) is 7.21. The number of amides is 1. The van der Waals surface area contributed by atoms with Crippen molar-refractivity contribution in [2.24, 2.45) is 0 Å². The number of hydrogen-bond acceptors (Lipinski definition) is 7. The van der Waals surface area contributed by atoms with E-state index in [1.165, 1.54) is 13.3 Å². The number of rotatable bonds is 5. The van der Waals surface area contributed by atoms with Gasteiger partial charge in [-0.25, -0.2) is 9.97 Å². The number of carbonyl (C=O) groups is 1. The highest BCUT2D eigenvalue weighted by molar-refractivity contribution is 6.05. The van der Waals surface area contributed by atoms with E-state index in [1.54, 1.807) is 6.07 Å². The molecule has 1 aliphatic heterocycles. The summed E-state index contributed by atoms with van der Waals surface area (Å²) >= 11 is 0. The summed E-state index contributed by atoms with van der Waals surface area (Å²) in [5.41, 5.74) is 2.66. The minimum atomic E-state index is -0.332. The van der Waals surface area contributed by atoms with E-state index in [-0.39, 0.29) is 17.4 Å². The number of ether oxygens (including phenoxy) is 1. The van der Waals surface area contributed by atoms with E-state index in [1.807, 2.05) is 29.8 Å². The average molecular weight is 381 g/mol. The number of piperidine rings is 1. The summed E-state index contributed by atoms with van der Waals surface area (Å²) in [5, 5.41) is 9.49. The fourth-order valence-electron chi connectivity index (χ4n) is 3.29. The summed E-state index contributed by atoms with van der Waals surface area (Å²) in [4.78, 5) is 25.7. The van der Waals surface area contributed by atoms with Crippen molar-refractivity contribution in [1.82, 2.24) is 24.7 Å². The summed E-state index contributed by atoms with van der Waals surface area (Å²) in [6, 6.07) is 3.97. The molecular formula is C19H23N7O2. The Morgan fingerprint density at radius 1 is 1.25 bits per heavy atom. The van der Waals surface area contributed by atoms with Crippen molar-refractivity contribution in [3.63, 3.8) is 0 Å². The molecule has 1 amide bonds. The molecule has 0 spiro atoms. The van der Waals surface area contributed by atoms with E-state index < -0.39 is 0 Å². The Morgan fingerprint density at radius 3 is 2.86 bits per heavy atom. The van der Waals surface area contributed by atoms with Gasteiger partial charge in [0.2, 0.25) is 11.8 Å². The van der Waals surface area contributed by atoms with Crippen LogP contribution in [0.4, 0.5) is 11.6 Å². The van der Waals surface area contributed by atoms with Gasteiger partial charge >= 0.3 is 0 Å². The molecule has 0 atom stereocenters. The fraction of sp³-hybridized carbons (Fsp3) is 0.368. The predicted molar refractivity (Wildman–Crippen MR) is 106 cm³/mol. The van der Waals surface area contributed by atoms with Crippen LogP contribution < -0.4 is 20.7 Å². The Morgan fingerprint density at radius 2 is 2.07 bits per heavy atom. The topological polar surface area (TPSA) is 105 Å². The van der Waals surface area contributed by atoms with Crippen molar-refractivity contribution in [3.05, 3.63) is 42.0 Å². The van der Waals surface area contributed by atoms with Crippen molar-refractivity contribution >= 4 is 23.2 Å². The first-order valence-corrected chi connectivity index (χ1v) is 9.27. The number of nitrogens with one attached hydrogen (secondary N) is 3. The maximum atomic E-state index is 12.7. The predicted octanol–water partition coefficient (Wildman–Crippen LogP) is 1.86. The minimum absolute atomic E-state index is 0.239. The number of hydrogen-bond donors (Lipinski definition) is 3. The lowest BCUT2D eigenvalue weighted by Gasteiger charge is -2.23. The summed E-state index contributed by atoms with van der Waals surface area (Å²) in [7, 11) is 1.49. The molecule has 0 radical (unpaired) electrons. The lowest BCUT2D eigenvalue weighted by atomic mass is 10.1. The number of aromatic nitrogens is 4. The Balaban J connectivity index is 1.50. The number of carbonyl (C=O) groups excluding carboxylic acids is 1. The highest BCUT2D eigenvalue weighted by Crippen LogP contribution is 2.20. The molecule has 0 bridgehead atoms. The summed E-state index contributed by atoms with van der Waals surface area (Å²) in [6.45, 7) is 3.86. The van der Waals surface area contributed by atoms with Crippen LogP contribution in [0, 0.1) is 6.92 Å². The molecule has 3 N–H and O–H groups in total. The Bertz CT molecular complexity index is 995. The minimum Gasteiger partial charge on any atom is -0.480 e. The smallest absolute Gasteiger partial charge is 0.262 e. The highest BCUT2D eigenvalue weighted by Gasteiger charge is 2.18. The van der Waals surface area contributed by atoms with Crippen LogP contribution in [0.3, 0.4) is 0 Å². The molecule has 1 fully saturated rings. The van der Waals surface area contributed by atoms with Gasteiger partial charge in [0.1, 0.15) is 11.2 Å². The van der Waals surface area contributed by atoms with Gasteiger partial charge in [-0.3, -0.25) is 4.79 Å². The molecule has 0 aromatic carbocycles. The zero-order chi connectivity index (χ0) is 19.5. The van der Waals surface area contributed by atoms with Crippen LogP contribution in [0.25, 0.3) is 5.65 Å². The number of aryl methyl sites for hydroxylation is 1. The first kappa shape index (κ1) is 18.2. The average Bonchev–Trinajstić information content (AvgIpc) is 3.08. The third kappa shape index (κ3) is 3.89.